The predicted octanol–water partition coefficient (Wildman–Crippen LogP) is 12.7. The molecular formula is C37H22ClF11O2. The lowest BCUT2D eigenvalue weighted by Crippen LogP contribution is -2.24. The maximum Gasteiger partial charge on any atom is 0.431 e. The molecule has 0 atom stereocenters. The molecule has 0 saturated carbocycles. The van der Waals surface area contributed by atoms with E-state index in [-0.39, 0.29) is 29.5 Å². The zero-order valence-corrected chi connectivity index (χ0v) is 26.7. The van der Waals surface area contributed by atoms with Crippen LogP contribution in [0.3, 0.4) is 0 Å². The Bertz CT molecular complexity index is 2040. The maximum absolute atomic E-state index is 15.3. The first-order valence-corrected chi connectivity index (χ1v) is 15.2. The predicted molar refractivity (Wildman–Crippen MR) is 168 cm³/mol. The van der Waals surface area contributed by atoms with Crippen LogP contribution in [-0.2, 0) is 12.5 Å². The van der Waals surface area contributed by atoms with Gasteiger partial charge in [-0.15, -0.1) is 0 Å². The van der Waals surface area contributed by atoms with Crippen molar-refractivity contribution in [2.24, 2.45) is 0 Å². The first-order valence-electron chi connectivity index (χ1n) is 14.8. The quantitative estimate of drug-likeness (QED) is 0.105. The monoisotopic (exact) mass is 742 g/mol. The number of halogens is 12. The Labute approximate surface area is 288 Å². The smallest absolute Gasteiger partial charge is 0.431 e. The Hall–Kier alpha value is -5.04. The molecule has 0 N–H and O–H groups in total. The third kappa shape index (κ3) is 8.47. The molecule has 2 nitrogen and oxygen atoms in total. The molecule has 0 aliphatic rings. The van der Waals surface area contributed by atoms with Gasteiger partial charge in [-0.1, -0.05) is 61.3 Å². The van der Waals surface area contributed by atoms with Crippen LogP contribution in [0.4, 0.5) is 48.3 Å². The maximum atomic E-state index is 15.3. The lowest BCUT2D eigenvalue weighted by molar-refractivity contribution is -0.187. The van der Waals surface area contributed by atoms with Gasteiger partial charge in [0.25, 0.3) is 0 Å². The topological polar surface area (TPSA) is 18.5 Å². The number of allylic oxidation sites excluding steroid dienone is 1. The van der Waals surface area contributed by atoms with Gasteiger partial charge in [0.05, 0.1) is 22.9 Å². The molecule has 0 aromatic heterocycles. The molecule has 5 aromatic rings. The van der Waals surface area contributed by atoms with Crippen molar-refractivity contribution in [2.75, 3.05) is 0 Å². The van der Waals surface area contributed by atoms with E-state index in [4.69, 9.17) is 11.6 Å². The fraction of sp³-hybridized carbons (Fsp3) is 0.135. The van der Waals surface area contributed by atoms with Crippen molar-refractivity contribution in [2.45, 2.75) is 32.1 Å². The summed E-state index contributed by atoms with van der Waals surface area (Å²) in [5.74, 6) is -11.4. The van der Waals surface area contributed by atoms with Crippen molar-refractivity contribution in [3.8, 4) is 44.9 Å². The molecule has 0 amide bonds. The van der Waals surface area contributed by atoms with Crippen LogP contribution in [0, 0.1) is 34.9 Å². The van der Waals surface area contributed by atoms with Gasteiger partial charge >= 0.3 is 12.3 Å². The van der Waals surface area contributed by atoms with Crippen molar-refractivity contribution in [1.82, 2.24) is 0 Å². The van der Waals surface area contributed by atoms with E-state index >= 15 is 26.3 Å². The summed E-state index contributed by atoms with van der Waals surface area (Å²) in [5, 5.41) is -1.11. The second-order valence-electron chi connectivity index (χ2n) is 11.1. The van der Waals surface area contributed by atoms with E-state index in [0.29, 0.717) is 23.3 Å². The highest BCUT2D eigenvalue weighted by Gasteiger charge is 2.41. The SMILES string of the molecule is CCCc1ccc(-c2ccc(-c3cc(F)c(-c4cc(F)c(C(F)(F)Oc5cc(F)c(OC=CC(F)(F)F)c(F)c5)c(Cl)c4)c(F)c3)c(F)c2)cc1. The molecule has 0 spiro atoms. The molecule has 0 fully saturated rings. The number of aryl methyl sites for hydroxylation is 1. The van der Waals surface area contributed by atoms with Gasteiger partial charge in [-0.2, -0.15) is 22.0 Å². The van der Waals surface area contributed by atoms with Crippen molar-refractivity contribution < 1.29 is 57.8 Å². The van der Waals surface area contributed by atoms with E-state index in [1.807, 2.05) is 31.2 Å². The molecule has 0 unspecified atom stereocenters. The summed E-state index contributed by atoms with van der Waals surface area (Å²) < 4.78 is 165. The molecular weight excluding hydrogens is 721 g/mol. The minimum absolute atomic E-state index is 0.0871. The van der Waals surface area contributed by atoms with Crippen molar-refractivity contribution in [1.29, 1.82) is 0 Å². The molecule has 0 heterocycles. The summed E-state index contributed by atoms with van der Waals surface area (Å²) in [5.41, 5.74) is -1.24. The summed E-state index contributed by atoms with van der Waals surface area (Å²) in [4.78, 5) is 0. The molecule has 5 rings (SSSR count). The average Bonchev–Trinajstić information content (AvgIpc) is 3.01. The minimum atomic E-state index is -4.88. The number of rotatable bonds is 10. The Morgan fingerprint density at radius 2 is 1.20 bits per heavy atom. The molecule has 5 aromatic carbocycles. The fourth-order valence-electron chi connectivity index (χ4n) is 5.17. The van der Waals surface area contributed by atoms with E-state index in [2.05, 4.69) is 9.47 Å². The van der Waals surface area contributed by atoms with Gasteiger partial charge in [-0.05, 0) is 64.6 Å². The van der Waals surface area contributed by atoms with Gasteiger partial charge in [-0.25, -0.2) is 26.3 Å². The van der Waals surface area contributed by atoms with Gasteiger partial charge < -0.3 is 9.47 Å². The number of alkyl halides is 5. The number of hydrogen-bond acceptors (Lipinski definition) is 2. The lowest BCUT2D eigenvalue weighted by Gasteiger charge is -2.21. The Kier molecular flexibility index (Phi) is 10.7. The molecule has 0 aliphatic carbocycles. The van der Waals surface area contributed by atoms with Gasteiger partial charge in [-0.3, -0.25) is 0 Å². The van der Waals surface area contributed by atoms with Gasteiger partial charge in [0, 0.05) is 17.7 Å². The van der Waals surface area contributed by atoms with Gasteiger partial charge in [0.2, 0.25) is 0 Å². The fourth-order valence-corrected chi connectivity index (χ4v) is 5.49. The number of benzene rings is 5. The van der Waals surface area contributed by atoms with E-state index in [9.17, 15) is 22.0 Å². The van der Waals surface area contributed by atoms with Crippen LogP contribution in [0.25, 0.3) is 33.4 Å². The third-order valence-corrected chi connectivity index (χ3v) is 7.73. The Morgan fingerprint density at radius 3 is 1.75 bits per heavy atom. The summed E-state index contributed by atoms with van der Waals surface area (Å²) in [6.45, 7) is 2.04. The van der Waals surface area contributed by atoms with E-state index in [1.165, 1.54) is 12.1 Å². The van der Waals surface area contributed by atoms with Gasteiger partial charge in [0.1, 0.15) is 34.6 Å². The van der Waals surface area contributed by atoms with E-state index in [0.717, 1.165) is 30.5 Å². The minimum Gasteiger partial charge on any atom is -0.459 e. The van der Waals surface area contributed by atoms with E-state index in [1.54, 1.807) is 6.07 Å². The van der Waals surface area contributed by atoms with Crippen LogP contribution in [0.2, 0.25) is 5.02 Å². The highest BCUT2D eigenvalue weighted by molar-refractivity contribution is 6.31. The number of ether oxygens (including phenoxy) is 2. The molecule has 0 radical (unpaired) electrons. The van der Waals surface area contributed by atoms with Crippen LogP contribution in [0.1, 0.15) is 24.5 Å². The Balaban J connectivity index is 1.40. The Morgan fingerprint density at radius 1 is 0.627 bits per heavy atom. The third-order valence-electron chi connectivity index (χ3n) is 7.43. The normalized spacial score (nSPS) is 12.1. The molecule has 0 saturated heterocycles. The molecule has 266 valence electrons. The molecule has 51 heavy (non-hydrogen) atoms. The zero-order chi connectivity index (χ0) is 37.2. The molecule has 0 aliphatic heterocycles. The van der Waals surface area contributed by atoms with Crippen molar-refractivity contribution in [3.63, 3.8) is 0 Å². The molecule has 0 bridgehead atoms. The highest BCUT2D eigenvalue weighted by atomic mass is 35.5. The van der Waals surface area contributed by atoms with Crippen LogP contribution in [0.5, 0.6) is 11.5 Å². The molecule has 14 heteroatoms. The lowest BCUT2D eigenvalue weighted by atomic mass is 9.95. The second kappa shape index (κ2) is 14.7. The van der Waals surface area contributed by atoms with Crippen LogP contribution >= 0.6 is 11.6 Å². The highest BCUT2D eigenvalue weighted by Crippen LogP contribution is 2.42. The first-order chi connectivity index (χ1) is 24.0. The standard InChI is InChI=1S/C37H22ClF11O2/c1-2-3-19-4-6-20(7-5-19)21-8-9-25(27(39)13-21)22-14-28(40)33(29(41)15-22)23-12-26(38)34(30(42)16-23)37(48,49)51-24-17-31(43)35(32(44)18-24)50-11-10-36(45,46)47/h4-18H,2-3H2,1H3. The summed E-state index contributed by atoms with van der Waals surface area (Å²) in [6.07, 6.45) is -8.38. The zero-order valence-electron chi connectivity index (χ0n) is 25.9. The van der Waals surface area contributed by atoms with Crippen LogP contribution in [-0.4, -0.2) is 6.18 Å². The largest absolute Gasteiger partial charge is 0.459 e. The number of hydrogen-bond donors (Lipinski definition) is 0. The van der Waals surface area contributed by atoms with Gasteiger partial charge in [0.15, 0.2) is 17.4 Å². The van der Waals surface area contributed by atoms with E-state index < -0.39 is 86.5 Å². The average molecular weight is 743 g/mol. The summed E-state index contributed by atoms with van der Waals surface area (Å²) in [7, 11) is 0. The van der Waals surface area contributed by atoms with Crippen molar-refractivity contribution in [3.05, 3.63) is 142 Å². The first kappa shape index (κ1) is 37.2. The second-order valence-corrected chi connectivity index (χ2v) is 11.5. The van der Waals surface area contributed by atoms with Crippen LogP contribution < -0.4 is 9.47 Å². The summed E-state index contributed by atoms with van der Waals surface area (Å²) >= 11 is 5.90. The summed E-state index contributed by atoms with van der Waals surface area (Å²) in [6, 6.07) is 14.2. The van der Waals surface area contributed by atoms with Crippen molar-refractivity contribution >= 4 is 11.6 Å². The van der Waals surface area contributed by atoms with Crippen LogP contribution in [0.15, 0.2) is 91.2 Å².